The second-order valence-electron chi connectivity index (χ2n) is 7.08. The number of carbonyl (C=O) groups excluding carboxylic acids is 1. The van der Waals surface area contributed by atoms with Crippen molar-refractivity contribution >= 4 is 34.8 Å². The molecule has 3 aromatic carbocycles. The Labute approximate surface area is 185 Å². The van der Waals surface area contributed by atoms with Gasteiger partial charge in [0.1, 0.15) is 12.4 Å². The number of ether oxygens (including phenoxy) is 2. The summed E-state index contributed by atoms with van der Waals surface area (Å²) in [5, 5.41) is 0.341. The molecule has 0 bridgehead atoms. The molecule has 0 saturated carbocycles. The molecule has 31 heavy (non-hydrogen) atoms. The van der Waals surface area contributed by atoms with E-state index in [0.29, 0.717) is 34.2 Å². The van der Waals surface area contributed by atoms with E-state index in [4.69, 9.17) is 21.1 Å². The summed E-state index contributed by atoms with van der Waals surface area (Å²) in [6.07, 6.45) is 1.81. The van der Waals surface area contributed by atoms with Gasteiger partial charge in [-0.2, -0.15) is 0 Å². The number of benzene rings is 3. The molecular weight excluding hydrogens is 417 g/mol. The zero-order valence-electron chi connectivity index (χ0n) is 17.2. The maximum atomic E-state index is 13.4. The fourth-order valence-electron chi connectivity index (χ4n) is 3.67. The van der Waals surface area contributed by atoms with Crippen molar-refractivity contribution < 1.29 is 18.7 Å². The van der Waals surface area contributed by atoms with Gasteiger partial charge in [0.15, 0.2) is 11.5 Å². The number of carbonyl (C=O) groups is 1. The van der Waals surface area contributed by atoms with E-state index in [-0.39, 0.29) is 18.3 Å². The fraction of sp³-hybridized carbons (Fsp3) is 0.160. The van der Waals surface area contributed by atoms with E-state index < -0.39 is 0 Å². The van der Waals surface area contributed by atoms with Gasteiger partial charge < -0.3 is 14.4 Å². The van der Waals surface area contributed by atoms with E-state index in [1.54, 1.807) is 29.2 Å². The highest BCUT2D eigenvalue weighted by Crippen LogP contribution is 2.41. The number of fused-ring (bicyclic) bond motifs is 1. The van der Waals surface area contributed by atoms with Crippen LogP contribution < -0.4 is 14.4 Å². The van der Waals surface area contributed by atoms with Gasteiger partial charge >= 0.3 is 0 Å². The van der Waals surface area contributed by atoms with Crippen molar-refractivity contribution in [3.63, 3.8) is 0 Å². The van der Waals surface area contributed by atoms with Crippen molar-refractivity contribution in [3.05, 3.63) is 88.2 Å². The normalized spacial score (nSPS) is 14.1. The molecule has 1 aliphatic heterocycles. The van der Waals surface area contributed by atoms with Crippen LogP contribution in [0.3, 0.4) is 0 Å². The van der Waals surface area contributed by atoms with E-state index in [0.717, 1.165) is 16.8 Å². The molecule has 0 radical (unpaired) electrons. The molecule has 0 saturated heterocycles. The number of amides is 1. The number of halogens is 2. The molecule has 1 amide bonds. The number of likely N-dealkylation sites (N-methyl/N-ethyl adjacent to an activating group) is 1. The standard InChI is InChI=1S/C25H21ClFNO3/c1-3-28-22-10-5-4-9-19(22)20(25(28)29)12-17-13-21(26)24(23(14-17)30-2)31-15-16-7-6-8-18(27)11-16/h4-14H,3,15H2,1-2H3/b20-12-. The van der Waals surface area contributed by atoms with Crippen LogP contribution in [0.5, 0.6) is 11.5 Å². The topological polar surface area (TPSA) is 38.8 Å². The first-order valence-corrected chi connectivity index (χ1v) is 10.3. The van der Waals surface area contributed by atoms with Gasteiger partial charge in [0, 0.05) is 17.7 Å². The van der Waals surface area contributed by atoms with Crippen LogP contribution in [0, 0.1) is 5.82 Å². The highest BCUT2D eigenvalue weighted by molar-refractivity contribution is 6.36. The molecule has 1 heterocycles. The first-order valence-electron chi connectivity index (χ1n) is 9.89. The summed E-state index contributed by atoms with van der Waals surface area (Å²) < 4.78 is 24.7. The van der Waals surface area contributed by atoms with Gasteiger partial charge in [-0.15, -0.1) is 0 Å². The predicted octanol–water partition coefficient (Wildman–Crippen LogP) is 5.97. The van der Waals surface area contributed by atoms with Crippen LogP contribution in [-0.4, -0.2) is 19.6 Å². The summed E-state index contributed by atoms with van der Waals surface area (Å²) in [5.41, 5.74) is 3.78. The zero-order chi connectivity index (χ0) is 22.0. The maximum absolute atomic E-state index is 13.4. The summed E-state index contributed by atoms with van der Waals surface area (Å²) in [6.45, 7) is 2.68. The lowest BCUT2D eigenvalue weighted by molar-refractivity contribution is -0.112. The monoisotopic (exact) mass is 437 g/mol. The van der Waals surface area contributed by atoms with Crippen molar-refractivity contribution in [2.45, 2.75) is 13.5 Å². The fourth-order valence-corrected chi connectivity index (χ4v) is 3.95. The van der Waals surface area contributed by atoms with Crippen molar-refractivity contribution in [3.8, 4) is 11.5 Å². The molecule has 0 spiro atoms. The highest BCUT2D eigenvalue weighted by atomic mass is 35.5. The lowest BCUT2D eigenvalue weighted by Gasteiger charge is -2.14. The Balaban J connectivity index is 1.66. The van der Waals surface area contributed by atoms with Crippen LogP contribution in [0.15, 0.2) is 60.7 Å². The SMILES string of the molecule is CCN1C(=O)/C(=C\c2cc(Cl)c(OCc3cccc(F)c3)c(OC)c2)c2ccccc21. The van der Waals surface area contributed by atoms with Gasteiger partial charge in [-0.1, -0.05) is 41.9 Å². The number of para-hydroxylation sites is 1. The molecular formula is C25H21ClFNO3. The molecule has 158 valence electrons. The lowest BCUT2D eigenvalue weighted by Crippen LogP contribution is -2.25. The molecule has 0 unspecified atom stereocenters. The third-order valence-electron chi connectivity index (χ3n) is 5.11. The Morgan fingerprint density at radius 2 is 1.90 bits per heavy atom. The minimum absolute atomic E-state index is 0.0507. The van der Waals surface area contributed by atoms with Gasteiger partial charge in [0.05, 0.1) is 17.8 Å². The van der Waals surface area contributed by atoms with Gasteiger partial charge in [0.25, 0.3) is 5.91 Å². The number of methoxy groups -OCH3 is 1. The van der Waals surface area contributed by atoms with Crippen LogP contribution in [-0.2, 0) is 11.4 Å². The van der Waals surface area contributed by atoms with Gasteiger partial charge in [-0.3, -0.25) is 4.79 Å². The Morgan fingerprint density at radius 3 is 2.65 bits per heavy atom. The number of hydrogen-bond donors (Lipinski definition) is 0. The van der Waals surface area contributed by atoms with Gasteiger partial charge in [0.2, 0.25) is 0 Å². The molecule has 6 heteroatoms. The van der Waals surface area contributed by atoms with E-state index in [2.05, 4.69) is 0 Å². The first-order chi connectivity index (χ1) is 15.0. The molecule has 3 aromatic rings. The van der Waals surface area contributed by atoms with Crippen LogP contribution >= 0.6 is 11.6 Å². The third kappa shape index (κ3) is 4.14. The van der Waals surface area contributed by atoms with Crippen molar-refractivity contribution in [2.75, 3.05) is 18.6 Å². The molecule has 0 aliphatic carbocycles. The molecule has 4 rings (SSSR count). The Bertz CT molecular complexity index is 1180. The lowest BCUT2D eigenvalue weighted by atomic mass is 10.0. The molecule has 0 aromatic heterocycles. The zero-order valence-corrected chi connectivity index (χ0v) is 17.9. The molecule has 4 nitrogen and oxygen atoms in total. The van der Waals surface area contributed by atoms with E-state index in [9.17, 15) is 9.18 Å². The minimum Gasteiger partial charge on any atom is -0.493 e. The summed E-state index contributed by atoms with van der Waals surface area (Å²) >= 11 is 6.49. The summed E-state index contributed by atoms with van der Waals surface area (Å²) in [4.78, 5) is 14.7. The Hall–Kier alpha value is -3.31. The third-order valence-corrected chi connectivity index (χ3v) is 5.39. The molecule has 1 aliphatic rings. The van der Waals surface area contributed by atoms with Gasteiger partial charge in [-0.25, -0.2) is 4.39 Å². The number of rotatable bonds is 6. The smallest absolute Gasteiger partial charge is 0.258 e. The summed E-state index contributed by atoms with van der Waals surface area (Å²) in [7, 11) is 1.52. The average molecular weight is 438 g/mol. The Kier molecular flexibility index (Phi) is 5.96. The van der Waals surface area contributed by atoms with Gasteiger partial charge in [-0.05, 0) is 54.5 Å². The molecule has 0 atom stereocenters. The summed E-state index contributed by atoms with van der Waals surface area (Å²) in [6, 6.07) is 17.4. The quantitative estimate of drug-likeness (QED) is 0.446. The second kappa shape index (κ2) is 8.82. The van der Waals surface area contributed by atoms with Crippen molar-refractivity contribution in [1.29, 1.82) is 0 Å². The van der Waals surface area contributed by atoms with Crippen molar-refractivity contribution in [2.24, 2.45) is 0 Å². The van der Waals surface area contributed by atoms with Crippen LogP contribution in [0.4, 0.5) is 10.1 Å². The van der Waals surface area contributed by atoms with Crippen LogP contribution in [0.25, 0.3) is 11.6 Å². The van der Waals surface area contributed by atoms with E-state index in [1.807, 2.05) is 37.3 Å². The largest absolute Gasteiger partial charge is 0.493 e. The minimum atomic E-state index is -0.330. The van der Waals surface area contributed by atoms with Crippen LogP contribution in [0.2, 0.25) is 5.02 Å². The predicted molar refractivity (Wildman–Crippen MR) is 121 cm³/mol. The number of anilines is 1. The van der Waals surface area contributed by atoms with Crippen molar-refractivity contribution in [1.82, 2.24) is 0 Å². The first kappa shape index (κ1) is 20.9. The summed E-state index contributed by atoms with van der Waals surface area (Å²) in [5.74, 6) is 0.416. The number of hydrogen-bond acceptors (Lipinski definition) is 3. The second-order valence-corrected chi connectivity index (χ2v) is 7.48. The number of nitrogens with zero attached hydrogens (tertiary/aromatic N) is 1. The highest BCUT2D eigenvalue weighted by Gasteiger charge is 2.30. The molecule has 0 N–H and O–H groups in total. The van der Waals surface area contributed by atoms with E-state index >= 15 is 0 Å². The molecule has 0 fully saturated rings. The Morgan fingerprint density at radius 1 is 1.10 bits per heavy atom. The van der Waals surface area contributed by atoms with Crippen LogP contribution in [0.1, 0.15) is 23.6 Å². The van der Waals surface area contributed by atoms with E-state index in [1.165, 1.54) is 19.2 Å². The average Bonchev–Trinajstić information content (AvgIpc) is 3.03. The maximum Gasteiger partial charge on any atom is 0.258 e.